The Bertz CT molecular complexity index is 403. The van der Waals surface area contributed by atoms with Crippen LogP contribution in [-0.4, -0.2) is 64.7 Å². The number of rotatable bonds is 5. The Hall–Kier alpha value is -1.30. The second-order valence-electron chi connectivity index (χ2n) is 6.49. The molecule has 0 aromatic carbocycles. The maximum atomic E-state index is 12.3. The van der Waals surface area contributed by atoms with Crippen LogP contribution in [0.15, 0.2) is 0 Å². The molecular weight excluding hydrogens is 270 g/mol. The van der Waals surface area contributed by atoms with Gasteiger partial charge in [0.15, 0.2) is 0 Å². The molecule has 120 valence electrons. The van der Waals surface area contributed by atoms with Gasteiger partial charge in [0, 0.05) is 32.2 Å². The number of carbonyl (C=O) groups excluding carboxylic acids is 1. The van der Waals surface area contributed by atoms with Gasteiger partial charge in [-0.25, -0.2) is 9.59 Å². The summed E-state index contributed by atoms with van der Waals surface area (Å²) < 4.78 is 0. The summed E-state index contributed by atoms with van der Waals surface area (Å²) in [5.74, 6) is -0.864. The first-order chi connectivity index (χ1) is 9.88. The van der Waals surface area contributed by atoms with Crippen LogP contribution in [0.25, 0.3) is 0 Å². The van der Waals surface area contributed by atoms with Gasteiger partial charge >= 0.3 is 12.0 Å². The maximum Gasteiger partial charge on any atom is 0.329 e. The highest BCUT2D eigenvalue weighted by Gasteiger charge is 2.49. The number of aliphatic carboxylic acids is 1. The Balaban J connectivity index is 1.88. The third-order valence-corrected chi connectivity index (χ3v) is 5.02. The number of hydrogen-bond donors (Lipinski definition) is 2. The second-order valence-corrected chi connectivity index (χ2v) is 6.49. The van der Waals surface area contributed by atoms with Gasteiger partial charge in [-0.3, -0.25) is 4.90 Å². The first-order valence-electron chi connectivity index (χ1n) is 7.93. The van der Waals surface area contributed by atoms with Gasteiger partial charge in [-0.1, -0.05) is 6.92 Å². The van der Waals surface area contributed by atoms with E-state index in [1.54, 1.807) is 11.8 Å². The van der Waals surface area contributed by atoms with Crippen LogP contribution < -0.4 is 5.32 Å². The van der Waals surface area contributed by atoms with Gasteiger partial charge in [0.05, 0.1) is 0 Å². The topological polar surface area (TPSA) is 72.9 Å². The van der Waals surface area contributed by atoms with E-state index in [0.29, 0.717) is 19.1 Å². The first-order valence-corrected chi connectivity index (χ1v) is 7.93. The molecule has 2 amide bonds. The van der Waals surface area contributed by atoms with E-state index in [-0.39, 0.29) is 11.9 Å². The van der Waals surface area contributed by atoms with Crippen molar-refractivity contribution in [1.82, 2.24) is 15.1 Å². The predicted molar refractivity (Wildman–Crippen MR) is 80.2 cm³/mol. The van der Waals surface area contributed by atoms with E-state index in [1.807, 2.05) is 0 Å². The summed E-state index contributed by atoms with van der Waals surface area (Å²) >= 11 is 0. The molecule has 1 aliphatic heterocycles. The predicted octanol–water partition coefficient (Wildman–Crippen LogP) is 1.37. The fourth-order valence-corrected chi connectivity index (χ4v) is 2.92. The van der Waals surface area contributed by atoms with Crippen LogP contribution in [0, 0.1) is 5.92 Å². The summed E-state index contributed by atoms with van der Waals surface area (Å²) in [7, 11) is 0. The van der Waals surface area contributed by atoms with E-state index in [4.69, 9.17) is 0 Å². The smallest absolute Gasteiger partial charge is 0.329 e. The molecule has 0 aromatic heterocycles. The van der Waals surface area contributed by atoms with Crippen LogP contribution in [0.2, 0.25) is 0 Å². The molecule has 2 fully saturated rings. The van der Waals surface area contributed by atoms with Crippen LogP contribution in [0.5, 0.6) is 0 Å². The molecule has 0 radical (unpaired) electrons. The molecular formula is C15H27N3O3. The van der Waals surface area contributed by atoms with Crippen molar-refractivity contribution in [2.75, 3.05) is 26.2 Å². The highest BCUT2D eigenvalue weighted by Crippen LogP contribution is 2.39. The van der Waals surface area contributed by atoms with Gasteiger partial charge in [0.2, 0.25) is 0 Å². The molecule has 2 unspecified atom stereocenters. The highest BCUT2D eigenvalue weighted by atomic mass is 16.4. The molecule has 2 N–H and O–H groups in total. The Kier molecular flexibility index (Phi) is 4.76. The molecule has 1 saturated carbocycles. The fraction of sp³-hybridized carbons (Fsp3) is 0.867. The second kappa shape index (κ2) is 6.22. The van der Waals surface area contributed by atoms with E-state index in [9.17, 15) is 14.7 Å². The lowest BCUT2D eigenvalue weighted by molar-refractivity contribution is -0.144. The molecule has 1 saturated heterocycles. The van der Waals surface area contributed by atoms with Crippen molar-refractivity contribution in [2.24, 2.45) is 5.92 Å². The minimum atomic E-state index is -1.12. The summed E-state index contributed by atoms with van der Waals surface area (Å²) in [6.07, 6.45) is 2.86. The third kappa shape index (κ3) is 3.48. The number of carboxylic acids is 1. The van der Waals surface area contributed by atoms with E-state index in [1.165, 1.54) is 0 Å². The van der Waals surface area contributed by atoms with Gasteiger partial charge in [0.1, 0.15) is 5.54 Å². The Labute approximate surface area is 126 Å². The monoisotopic (exact) mass is 297 g/mol. The molecule has 6 nitrogen and oxygen atoms in total. The molecule has 21 heavy (non-hydrogen) atoms. The quantitative estimate of drug-likeness (QED) is 0.804. The average molecular weight is 297 g/mol. The summed E-state index contributed by atoms with van der Waals surface area (Å²) in [6.45, 7) is 9.03. The Morgan fingerprint density at radius 3 is 2.29 bits per heavy atom. The Morgan fingerprint density at radius 1 is 1.29 bits per heavy atom. The van der Waals surface area contributed by atoms with E-state index < -0.39 is 11.5 Å². The average Bonchev–Trinajstić information content (AvgIpc) is 3.31. The third-order valence-electron chi connectivity index (χ3n) is 5.02. The molecule has 2 atom stereocenters. The number of piperazine rings is 1. The van der Waals surface area contributed by atoms with Crippen LogP contribution in [0.3, 0.4) is 0 Å². The van der Waals surface area contributed by atoms with E-state index in [2.05, 4.69) is 24.1 Å². The molecule has 2 rings (SSSR count). The molecule has 1 heterocycles. The van der Waals surface area contributed by atoms with Crippen molar-refractivity contribution < 1.29 is 14.7 Å². The van der Waals surface area contributed by atoms with Gasteiger partial charge in [-0.15, -0.1) is 0 Å². The van der Waals surface area contributed by atoms with Gasteiger partial charge in [-0.2, -0.15) is 0 Å². The fourth-order valence-electron chi connectivity index (χ4n) is 2.92. The maximum absolute atomic E-state index is 12.3. The normalized spacial score (nSPS) is 24.2. The molecule has 2 aliphatic rings. The lowest BCUT2D eigenvalue weighted by atomic mass is 9.96. The molecule has 1 aliphatic carbocycles. The van der Waals surface area contributed by atoms with Crippen LogP contribution >= 0.6 is 0 Å². The van der Waals surface area contributed by atoms with Crippen LogP contribution in [0.1, 0.15) is 40.0 Å². The molecule has 0 bridgehead atoms. The van der Waals surface area contributed by atoms with Gasteiger partial charge in [0.25, 0.3) is 0 Å². The number of nitrogens with zero attached hydrogens (tertiary/aromatic N) is 2. The van der Waals surface area contributed by atoms with Crippen LogP contribution in [-0.2, 0) is 4.79 Å². The van der Waals surface area contributed by atoms with E-state index >= 15 is 0 Å². The molecule has 0 aromatic rings. The zero-order valence-corrected chi connectivity index (χ0v) is 13.3. The summed E-state index contributed by atoms with van der Waals surface area (Å²) in [5, 5.41) is 12.1. The number of carbonyl (C=O) groups is 2. The number of amides is 2. The summed E-state index contributed by atoms with van der Waals surface area (Å²) in [6, 6.07) is 0.293. The van der Waals surface area contributed by atoms with Crippen molar-refractivity contribution in [3.63, 3.8) is 0 Å². The highest BCUT2D eigenvalue weighted by molar-refractivity contribution is 5.86. The SMILES string of the molecule is CCC(C)N1CCN(C(=O)NC(C)(C(=O)O)C2CC2)CC1. The zero-order valence-electron chi connectivity index (χ0n) is 13.3. The van der Waals surface area contributed by atoms with Gasteiger partial charge in [-0.05, 0) is 39.0 Å². The number of urea groups is 1. The standard InChI is InChI=1S/C15H27N3O3/c1-4-11(2)17-7-9-18(10-8-17)14(21)16-15(3,13(19)20)12-5-6-12/h11-12H,4-10H2,1-3H3,(H,16,21)(H,19,20). The molecule has 0 spiro atoms. The number of carboxylic acid groups (broad SMARTS) is 1. The Morgan fingerprint density at radius 2 is 1.86 bits per heavy atom. The van der Waals surface area contributed by atoms with E-state index in [0.717, 1.165) is 32.4 Å². The molecule has 6 heteroatoms. The van der Waals surface area contributed by atoms with Gasteiger partial charge < -0.3 is 15.3 Å². The minimum Gasteiger partial charge on any atom is -0.480 e. The van der Waals surface area contributed by atoms with Crippen molar-refractivity contribution >= 4 is 12.0 Å². The number of nitrogens with one attached hydrogen (secondary N) is 1. The van der Waals surface area contributed by atoms with Crippen LogP contribution in [0.4, 0.5) is 4.79 Å². The number of hydrogen-bond acceptors (Lipinski definition) is 3. The lowest BCUT2D eigenvalue weighted by Crippen LogP contribution is -2.60. The van der Waals surface area contributed by atoms with Crippen molar-refractivity contribution in [1.29, 1.82) is 0 Å². The minimum absolute atomic E-state index is 0.0698. The summed E-state index contributed by atoms with van der Waals surface area (Å²) in [4.78, 5) is 27.9. The zero-order chi connectivity index (χ0) is 15.6. The van der Waals surface area contributed by atoms with Crippen molar-refractivity contribution in [3.8, 4) is 0 Å². The largest absolute Gasteiger partial charge is 0.480 e. The van der Waals surface area contributed by atoms with Crippen molar-refractivity contribution in [3.05, 3.63) is 0 Å². The van der Waals surface area contributed by atoms with Crippen molar-refractivity contribution in [2.45, 2.75) is 51.6 Å². The first kappa shape index (κ1) is 16.1. The lowest BCUT2D eigenvalue weighted by Gasteiger charge is -2.39. The summed E-state index contributed by atoms with van der Waals surface area (Å²) in [5.41, 5.74) is -1.12.